The molecule has 0 spiro atoms. The number of carbonyl (C=O) groups excluding carboxylic acids is 1. The summed E-state index contributed by atoms with van der Waals surface area (Å²) in [5, 5.41) is 0. The minimum absolute atomic E-state index is 0.116. The Morgan fingerprint density at radius 1 is 1.06 bits per heavy atom. The van der Waals surface area contributed by atoms with Crippen LogP contribution in [0.1, 0.15) is 36.4 Å². The van der Waals surface area contributed by atoms with Crippen LogP contribution in [0.15, 0.2) is 45.8 Å². The summed E-state index contributed by atoms with van der Waals surface area (Å²) in [6.45, 7) is 0.562. The number of amides is 1. The third-order valence-corrected chi connectivity index (χ3v) is 9.32. The van der Waals surface area contributed by atoms with Crippen molar-refractivity contribution in [2.24, 2.45) is 0 Å². The predicted octanol–water partition coefficient (Wildman–Crippen LogP) is 3.52. The minimum atomic E-state index is -3.86. The molecule has 3 heterocycles. The molecule has 170 valence electrons. The first kappa shape index (κ1) is 21.7. The van der Waals surface area contributed by atoms with Crippen LogP contribution in [0, 0.1) is 0 Å². The number of ether oxygens (including phenoxy) is 2. The van der Waals surface area contributed by atoms with Crippen molar-refractivity contribution in [3.8, 4) is 11.5 Å². The van der Waals surface area contributed by atoms with Crippen LogP contribution >= 0.6 is 15.9 Å². The standard InChI is InChI=1S/C23H25BrN2O5S/c1-30-16-12-14-10-11-25-22(21(14)20(13-16)31-2)18-4-3-5-19(23(25)27)26(18)32(28,29)17-8-6-15(24)7-9-17/h6-9,12-13,18-19,22H,3-5,10-11H2,1-2H3. The summed E-state index contributed by atoms with van der Waals surface area (Å²) in [4.78, 5) is 15.7. The van der Waals surface area contributed by atoms with Gasteiger partial charge in [-0.15, -0.1) is 0 Å². The second-order valence-electron chi connectivity index (χ2n) is 8.43. The predicted molar refractivity (Wildman–Crippen MR) is 122 cm³/mol. The van der Waals surface area contributed by atoms with E-state index in [1.54, 1.807) is 38.5 Å². The Balaban J connectivity index is 1.66. The first-order valence-corrected chi connectivity index (χ1v) is 12.9. The van der Waals surface area contributed by atoms with Gasteiger partial charge in [-0.2, -0.15) is 4.31 Å². The molecule has 3 aliphatic heterocycles. The van der Waals surface area contributed by atoms with Gasteiger partial charge in [-0.25, -0.2) is 8.42 Å². The summed E-state index contributed by atoms with van der Waals surface area (Å²) in [6, 6.07) is 9.01. The molecule has 2 aromatic rings. The fourth-order valence-electron chi connectivity index (χ4n) is 5.47. The van der Waals surface area contributed by atoms with Crippen molar-refractivity contribution in [3.05, 3.63) is 52.0 Å². The SMILES string of the molecule is COc1cc2c(c(OC)c1)C1C3CCCC(C(=O)N1CC2)N3S(=O)(=O)c1ccc(Br)cc1. The van der Waals surface area contributed by atoms with E-state index in [4.69, 9.17) is 9.47 Å². The fraction of sp³-hybridized carbons (Fsp3) is 0.435. The van der Waals surface area contributed by atoms with Crippen LogP contribution in [-0.2, 0) is 21.2 Å². The molecule has 2 bridgehead atoms. The number of piperidine rings is 1. The Morgan fingerprint density at radius 3 is 2.50 bits per heavy atom. The normalized spacial score (nSPS) is 25.2. The number of piperazine rings is 1. The van der Waals surface area contributed by atoms with Gasteiger partial charge in [-0.3, -0.25) is 4.79 Å². The summed E-state index contributed by atoms with van der Waals surface area (Å²) in [6.07, 6.45) is 2.73. The molecule has 0 aromatic heterocycles. The number of rotatable bonds is 4. The zero-order valence-electron chi connectivity index (χ0n) is 18.0. The first-order chi connectivity index (χ1) is 15.4. The summed E-state index contributed by atoms with van der Waals surface area (Å²) >= 11 is 3.36. The number of halogens is 1. The van der Waals surface area contributed by atoms with Crippen LogP contribution in [-0.4, -0.2) is 56.4 Å². The highest BCUT2D eigenvalue weighted by atomic mass is 79.9. The summed E-state index contributed by atoms with van der Waals surface area (Å²) < 4.78 is 41.0. The maximum atomic E-state index is 13.8. The minimum Gasteiger partial charge on any atom is -0.497 e. The Labute approximate surface area is 196 Å². The molecule has 5 rings (SSSR count). The van der Waals surface area contributed by atoms with E-state index in [1.165, 1.54) is 4.31 Å². The van der Waals surface area contributed by atoms with Crippen LogP contribution < -0.4 is 9.47 Å². The van der Waals surface area contributed by atoms with E-state index in [1.807, 2.05) is 17.0 Å². The van der Waals surface area contributed by atoms with Gasteiger partial charge < -0.3 is 14.4 Å². The molecule has 9 heteroatoms. The molecule has 2 saturated heterocycles. The molecule has 2 fully saturated rings. The van der Waals surface area contributed by atoms with Crippen LogP contribution in [0.3, 0.4) is 0 Å². The van der Waals surface area contributed by atoms with Gasteiger partial charge in [0.05, 0.1) is 31.2 Å². The highest BCUT2D eigenvalue weighted by molar-refractivity contribution is 9.10. The van der Waals surface area contributed by atoms with E-state index in [0.29, 0.717) is 37.3 Å². The van der Waals surface area contributed by atoms with E-state index in [2.05, 4.69) is 15.9 Å². The monoisotopic (exact) mass is 520 g/mol. The van der Waals surface area contributed by atoms with Crippen molar-refractivity contribution in [1.82, 2.24) is 9.21 Å². The third kappa shape index (κ3) is 3.24. The van der Waals surface area contributed by atoms with Crippen LogP contribution in [0.2, 0.25) is 0 Å². The molecule has 2 aromatic carbocycles. The zero-order valence-corrected chi connectivity index (χ0v) is 20.4. The number of carbonyl (C=O) groups is 1. The van der Waals surface area contributed by atoms with E-state index < -0.39 is 16.1 Å². The highest BCUT2D eigenvalue weighted by Gasteiger charge is 2.55. The Morgan fingerprint density at radius 2 is 1.81 bits per heavy atom. The average Bonchev–Trinajstić information content (AvgIpc) is 2.81. The second-order valence-corrected chi connectivity index (χ2v) is 11.2. The smallest absolute Gasteiger partial charge is 0.244 e. The maximum absolute atomic E-state index is 13.8. The summed E-state index contributed by atoms with van der Waals surface area (Å²) in [5.41, 5.74) is 1.94. The average molecular weight is 521 g/mol. The second kappa shape index (κ2) is 8.04. The molecular formula is C23H25BrN2O5S. The molecule has 7 nitrogen and oxygen atoms in total. The molecule has 3 aliphatic rings. The molecule has 32 heavy (non-hydrogen) atoms. The number of fused-ring (bicyclic) bond motifs is 6. The largest absolute Gasteiger partial charge is 0.497 e. The fourth-order valence-corrected chi connectivity index (χ4v) is 7.57. The molecular weight excluding hydrogens is 496 g/mol. The molecule has 0 N–H and O–H groups in total. The summed E-state index contributed by atoms with van der Waals surface area (Å²) in [7, 11) is -0.651. The van der Waals surface area contributed by atoms with Gasteiger partial charge in [0.25, 0.3) is 0 Å². The number of hydrogen-bond donors (Lipinski definition) is 0. The van der Waals surface area contributed by atoms with Crippen LogP contribution in [0.5, 0.6) is 11.5 Å². The quantitative estimate of drug-likeness (QED) is 0.616. The molecule has 0 saturated carbocycles. The van der Waals surface area contributed by atoms with Gasteiger partial charge >= 0.3 is 0 Å². The molecule has 0 aliphatic carbocycles. The first-order valence-electron chi connectivity index (χ1n) is 10.7. The van der Waals surface area contributed by atoms with Crippen LogP contribution in [0.25, 0.3) is 0 Å². The molecule has 3 unspecified atom stereocenters. The zero-order chi connectivity index (χ0) is 22.6. The van der Waals surface area contributed by atoms with E-state index in [9.17, 15) is 13.2 Å². The lowest BCUT2D eigenvalue weighted by Gasteiger charge is -2.54. The van der Waals surface area contributed by atoms with Gasteiger partial charge in [-0.05, 0) is 61.6 Å². The Kier molecular flexibility index (Phi) is 5.46. The molecule has 1 amide bonds. The number of hydrogen-bond acceptors (Lipinski definition) is 5. The van der Waals surface area contributed by atoms with Gasteiger partial charge in [0, 0.05) is 22.6 Å². The lowest BCUT2D eigenvalue weighted by atomic mass is 9.79. The Hall–Kier alpha value is -2.10. The molecule has 0 radical (unpaired) electrons. The van der Waals surface area contributed by atoms with Crippen molar-refractivity contribution in [2.45, 2.75) is 48.7 Å². The van der Waals surface area contributed by atoms with E-state index in [-0.39, 0.29) is 22.9 Å². The van der Waals surface area contributed by atoms with E-state index >= 15 is 0 Å². The van der Waals surface area contributed by atoms with Gasteiger partial charge in [0.2, 0.25) is 15.9 Å². The highest BCUT2D eigenvalue weighted by Crippen LogP contribution is 2.49. The number of methoxy groups -OCH3 is 2. The topological polar surface area (TPSA) is 76.2 Å². The number of benzene rings is 2. The van der Waals surface area contributed by atoms with Crippen molar-refractivity contribution >= 4 is 31.9 Å². The lowest BCUT2D eigenvalue weighted by molar-refractivity contribution is -0.150. The number of sulfonamides is 1. The van der Waals surface area contributed by atoms with Gasteiger partial charge in [-0.1, -0.05) is 15.9 Å². The number of nitrogens with zero attached hydrogens (tertiary/aromatic N) is 2. The van der Waals surface area contributed by atoms with Crippen molar-refractivity contribution in [2.75, 3.05) is 20.8 Å². The van der Waals surface area contributed by atoms with Gasteiger partial charge in [0.1, 0.15) is 17.5 Å². The molecule has 3 atom stereocenters. The Bertz CT molecular complexity index is 1150. The third-order valence-electron chi connectivity index (χ3n) is 6.84. The van der Waals surface area contributed by atoms with Crippen molar-refractivity contribution < 1.29 is 22.7 Å². The summed E-state index contributed by atoms with van der Waals surface area (Å²) in [5.74, 6) is 1.21. The van der Waals surface area contributed by atoms with Crippen molar-refractivity contribution in [3.63, 3.8) is 0 Å². The van der Waals surface area contributed by atoms with Crippen LogP contribution in [0.4, 0.5) is 0 Å². The van der Waals surface area contributed by atoms with E-state index in [0.717, 1.165) is 22.0 Å². The van der Waals surface area contributed by atoms with Gasteiger partial charge in [0.15, 0.2) is 0 Å². The maximum Gasteiger partial charge on any atom is 0.244 e. The van der Waals surface area contributed by atoms with Crippen molar-refractivity contribution in [1.29, 1.82) is 0 Å². The lowest BCUT2D eigenvalue weighted by Crippen LogP contribution is -2.67.